The Hall–Kier alpha value is -3.07. The van der Waals surface area contributed by atoms with Crippen LogP contribution in [-0.2, 0) is 17.1 Å². The summed E-state index contributed by atoms with van der Waals surface area (Å²) in [6.45, 7) is 0.365. The molecule has 154 valence electrons. The molecule has 0 bridgehead atoms. The smallest absolute Gasteiger partial charge is 0.311 e. The third-order valence-corrected chi connectivity index (χ3v) is 5.04. The molecule has 0 saturated heterocycles. The predicted octanol–water partition coefficient (Wildman–Crippen LogP) is 2.85. The van der Waals surface area contributed by atoms with Gasteiger partial charge in [-0.2, -0.15) is 0 Å². The molecular formula is C20H23N3O5S. The van der Waals surface area contributed by atoms with Gasteiger partial charge in [-0.3, -0.25) is 19.7 Å². The summed E-state index contributed by atoms with van der Waals surface area (Å²) in [6.07, 6.45) is 0. The summed E-state index contributed by atoms with van der Waals surface area (Å²) in [5.74, 6) is 0.707. The van der Waals surface area contributed by atoms with Crippen molar-refractivity contribution in [2.24, 2.45) is 0 Å². The average Bonchev–Trinajstić information content (AvgIpc) is 2.71. The van der Waals surface area contributed by atoms with E-state index in [1.54, 1.807) is 50.5 Å². The van der Waals surface area contributed by atoms with E-state index in [-0.39, 0.29) is 29.0 Å². The molecule has 2 aromatic rings. The molecule has 2 rings (SSSR count). The van der Waals surface area contributed by atoms with E-state index in [0.717, 1.165) is 11.1 Å². The molecule has 29 heavy (non-hydrogen) atoms. The molecule has 0 aromatic heterocycles. The highest BCUT2D eigenvalue weighted by atomic mass is 32.2. The van der Waals surface area contributed by atoms with E-state index in [9.17, 15) is 19.7 Å². The summed E-state index contributed by atoms with van der Waals surface area (Å²) >= 11 is 1.37. The maximum absolute atomic E-state index is 12.0. The lowest BCUT2D eigenvalue weighted by Crippen LogP contribution is -2.25. The van der Waals surface area contributed by atoms with Crippen LogP contribution in [0.4, 0.5) is 5.69 Å². The Bertz CT molecular complexity index is 884. The van der Waals surface area contributed by atoms with Gasteiger partial charge in [-0.25, -0.2) is 0 Å². The minimum atomic E-state index is -0.489. The van der Waals surface area contributed by atoms with Gasteiger partial charge in [0.05, 0.1) is 17.8 Å². The van der Waals surface area contributed by atoms with Crippen LogP contribution >= 0.6 is 11.8 Å². The first kappa shape index (κ1) is 22.2. The number of hydrogen-bond donors (Lipinski definition) is 1. The van der Waals surface area contributed by atoms with Gasteiger partial charge in [0.1, 0.15) is 0 Å². The summed E-state index contributed by atoms with van der Waals surface area (Å²) in [6, 6.07) is 11.8. The number of amides is 2. The number of nitro benzene ring substituents is 1. The molecule has 0 saturated carbocycles. The number of nitrogens with one attached hydrogen (secondary N) is 1. The number of methoxy groups -OCH3 is 1. The Balaban J connectivity index is 1.80. The molecule has 0 atom stereocenters. The predicted molar refractivity (Wildman–Crippen MR) is 112 cm³/mol. The SMILES string of the molecule is COc1ccc(CSCC(=O)NCc2ccc(C(=O)N(C)C)cc2)cc1[N+](=O)[O-]. The first-order valence-electron chi connectivity index (χ1n) is 8.78. The van der Waals surface area contributed by atoms with Crippen LogP contribution in [0.2, 0.25) is 0 Å². The van der Waals surface area contributed by atoms with Crippen molar-refractivity contribution >= 4 is 29.3 Å². The topological polar surface area (TPSA) is 102 Å². The van der Waals surface area contributed by atoms with Crippen molar-refractivity contribution in [2.75, 3.05) is 27.0 Å². The molecule has 0 heterocycles. The summed E-state index contributed by atoms with van der Waals surface area (Å²) in [7, 11) is 4.77. The van der Waals surface area contributed by atoms with E-state index in [4.69, 9.17) is 4.74 Å². The highest BCUT2D eigenvalue weighted by molar-refractivity contribution is 7.99. The van der Waals surface area contributed by atoms with Crippen molar-refractivity contribution in [3.05, 3.63) is 69.3 Å². The lowest BCUT2D eigenvalue weighted by Gasteiger charge is -2.11. The van der Waals surface area contributed by atoms with Crippen molar-refractivity contribution < 1.29 is 19.2 Å². The van der Waals surface area contributed by atoms with Crippen LogP contribution in [0.15, 0.2) is 42.5 Å². The summed E-state index contributed by atoms with van der Waals surface area (Å²) < 4.78 is 4.98. The van der Waals surface area contributed by atoms with Crippen LogP contribution < -0.4 is 10.1 Å². The molecule has 8 nitrogen and oxygen atoms in total. The van der Waals surface area contributed by atoms with Crippen molar-refractivity contribution in [3.8, 4) is 5.75 Å². The van der Waals surface area contributed by atoms with Crippen molar-refractivity contribution in [1.29, 1.82) is 0 Å². The Labute approximate surface area is 173 Å². The number of rotatable bonds is 9. The van der Waals surface area contributed by atoms with Gasteiger partial charge >= 0.3 is 5.69 Å². The van der Waals surface area contributed by atoms with Crippen molar-refractivity contribution in [1.82, 2.24) is 10.2 Å². The van der Waals surface area contributed by atoms with Crippen molar-refractivity contribution in [2.45, 2.75) is 12.3 Å². The van der Waals surface area contributed by atoms with Gasteiger partial charge in [0.2, 0.25) is 5.91 Å². The van der Waals surface area contributed by atoms with E-state index in [0.29, 0.717) is 17.9 Å². The lowest BCUT2D eigenvalue weighted by molar-refractivity contribution is -0.385. The van der Waals surface area contributed by atoms with E-state index in [1.165, 1.54) is 29.8 Å². The van der Waals surface area contributed by atoms with Crippen LogP contribution in [0, 0.1) is 10.1 Å². The minimum absolute atomic E-state index is 0.0734. The number of carbonyl (C=O) groups excluding carboxylic acids is 2. The van der Waals surface area contributed by atoms with Crippen LogP contribution in [0.1, 0.15) is 21.5 Å². The number of nitrogens with zero attached hydrogens (tertiary/aromatic N) is 2. The zero-order valence-electron chi connectivity index (χ0n) is 16.5. The highest BCUT2D eigenvalue weighted by Crippen LogP contribution is 2.28. The molecule has 2 amide bonds. The minimum Gasteiger partial charge on any atom is -0.490 e. The van der Waals surface area contributed by atoms with Gasteiger partial charge in [-0.15, -0.1) is 11.8 Å². The molecular weight excluding hydrogens is 394 g/mol. The second-order valence-electron chi connectivity index (χ2n) is 6.43. The Morgan fingerprint density at radius 1 is 1.14 bits per heavy atom. The molecule has 0 aliphatic rings. The van der Waals surface area contributed by atoms with Crippen LogP contribution in [0.5, 0.6) is 5.75 Å². The maximum atomic E-state index is 12.0. The van der Waals surface area contributed by atoms with Gasteiger partial charge in [-0.1, -0.05) is 18.2 Å². The standard InChI is InChI=1S/C20H23N3O5S/c1-22(2)20(25)16-7-4-14(5-8-16)11-21-19(24)13-29-12-15-6-9-18(28-3)17(10-15)23(26)27/h4-10H,11-13H2,1-3H3,(H,21,24). The van der Waals surface area contributed by atoms with Gasteiger partial charge in [-0.05, 0) is 29.3 Å². The molecule has 2 aromatic carbocycles. The maximum Gasteiger partial charge on any atom is 0.311 e. The second kappa shape index (κ2) is 10.5. The summed E-state index contributed by atoms with van der Waals surface area (Å²) in [5.41, 5.74) is 2.14. The number of benzene rings is 2. The normalized spacial score (nSPS) is 10.3. The van der Waals surface area contributed by atoms with E-state index in [2.05, 4.69) is 5.32 Å². The largest absolute Gasteiger partial charge is 0.490 e. The molecule has 0 spiro atoms. The lowest BCUT2D eigenvalue weighted by atomic mass is 10.1. The molecule has 1 N–H and O–H groups in total. The van der Waals surface area contributed by atoms with Crippen LogP contribution in [-0.4, -0.2) is 48.6 Å². The van der Waals surface area contributed by atoms with Crippen molar-refractivity contribution in [3.63, 3.8) is 0 Å². The zero-order chi connectivity index (χ0) is 21.4. The Morgan fingerprint density at radius 2 is 1.79 bits per heavy atom. The molecule has 0 fully saturated rings. The fourth-order valence-electron chi connectivity index (χ4n) is 2.50. The quantitative estimate of drug-likeness (QED) is 0.497. The fraction of sp³-hybridized carbons (Fsp3) is 0.300. The molecule has 0 radical (unpaired) electrons. The van der Waals surface area contributed by atoms with E-state index < -0.39 is 4.92 Å². The third kappa shape index (κ3) is 6.49. The highest BCUT2D eigenvalue weighted by Gasteiger charge is 2.15. The third-order valence-electron chi connectivity index (χ3n) is 4.04. The first-order valence-corrected chi connectivity index (χ1v) is 9.93. The van der Waals surface area contributed by atoms with Gasteiger partial charge < -0.3 is 15.0 Å². The van der Waals surface area contributed by atoms with Gasteiger partial charge in [0, 0.05) is 38.0 Å². The summed E-state index contributed by atoms with van der Waals surface area (Å²) in [5, 5.41) is 13.9. The second-order valence-corrected chi connectivity index (χ2v) is 7.41. The number of hydrogen-bond acceptors (Lipinski definition) is 6. The molecule has 0 aliphatic heterocycles. The van der Waals surface area contributed by atoms with E-state index in [1.807, 2.05) is 0 Å². The van der Waals surface area contributed by atoms with E-state index >= 15 is 0 Å². The van der Waals surface area contributed by atoms with Crippen LogP contribution in [0.3, 0.4) is 0 Å². The number of thioether (sulfide) groups is 1. The zero-order valence-corrected chi connectivity index (χ0v) is 17.3. The van der Waals surface area contributed by atoms with Gasteiger partial charge in [0.25, 0.3) is 5.91 Å². The average molecular weight is 417 g/mol. The van der Waals surface area contributed by atoms with Crippen LogP contribution in [0.25, 0.3) is 0 Å². The number of nitro groups is 1. The summed E-state index contributed by atoms with van der Waals surface area (Å²) in [4.78, 5) is 36.0. The monoisotopic (exact) mass is 417 g/mol. The van der Waals surface area contributed by atoms with Gasteiger partial charge in [0.15, 0.2) is 5.75 Å². The fourth-order valence-corrected chi connectivity index (χ4v) is 3.31. The number of ether oxygens (including phenoxy) is 1. The number of carbonyl (C=O) groups is 2. The molecule has 0 aliphatic carbocycles. The Morgan fingerprint density at radius 3 is 2.38 bits per heavy atom. The Kier molecular flexibility index (Phi) is 8.02. The molecule has 9 heteroatoms. The molecule has 0 unspecified atom stereocenters. The first-order chi connectivity index (χ1) is 13.8.